The van der Waals surface area contributed by atoms with Crippen LogP contribution in [0.1, 0.15) is 10.5 Å². The maximum Gasteiger partial charge on any atom is 0.273 e. The Hall–Kier alpha value is -3.19. The van der Waals surface area contributed by atoms with Gasteiger partial charge in [0, 0.05) is 22.7 Å². The molecule has 1 amide bonds. The number of halogens is 1. The van der Waals surface area contributed by atoms with E-state index in [9.17, 15) is 4.79 Å². The summed E-state index contributed by atoms with van der Waals surface area (Å²) in [6, 6.07) is 14.0. The van der Waals surface area contributed by atoms with E-state index in [0.29, 0.717) is 41.2 Å². The van der Waals surface area contributed by atoms with Crippen molar-refractivity contribution in [3.63, 3.8) is 0 Å². The normalized spacial score (nSPS) is 12.0. The topological polar surface area (TPSA) is 82.8 Å². The molecule has 0 saturated heterocycles. The van der Waals surface area contributed by atoms with E-state index in [2.05, 4.69) is 10.5 Å². The molecule has 1 aliphatic rings. The van der Waals surface area contributed by atoms with Crippen LogP contribution in [0.2, 0.25) is 5.02 Å². The fourth-order valence-electron chi connectivity index (χ4n) is 2.55. The smallest absolute Gasteiger partial charge is 0.273 e. The lowest BCUT2D eigenvalue weighted by atomic mass is 10.1. The van der Waals surface area contributed by atoms with Crippen molar-refractivity contribution in [2.24, 2.45) is 0 Å². The number of amides is 1. The largest absolute Gasteiger partial charge is 0.492 e. The number of nitrogens with zero attached hydrogens (tertiary/aromatic N) is 1. The third kappa shape index (κ3) is 3.98. The van der Waals surface area contributed by atoms with Gasteiger partial charge in [-0.1, -0.05) is 28.9 Å². The third-order valence-corrected chi connectivity index (χ3v) is 4.09. The van der Waals surface area contributed by atoms with E-state index < -0.39 is 0 Å². The second kappa shape index (κ2) is 7.59. The molecule has 0 fully saturated rings. The first kappa shape index (κ1) is 17.2. The Kier molecular flexibility index (Phi) is 4.84. The summed E-state index contributed by atoms with van der Waals surface area (Å²) in [7, 11) is 0. The lowest BCUT2D eigenvalue weighted by molar-refractivity contribution is 0.0938. The number of hydrogen-bond donors (Lipinski definition) is 1. The van der Waals surface area contributed by atoms with Crippen LogP contribution in [0.5, 0.6) is 17.2 Å². The lowest BCUT2D eigenvalue weighted by Gasteiger charge is -2.07. The van der Waals surface area contributed by atoms with Gasteiger partial charge in [0.2, 0.25) is 6.79 Å². The zero-order valence-electron chi connectivity index (χ0n) is 14.1. The number of aromatic nitrogens is 1. The molecule has 8 heteroatoms. The number of nitrogens with one attached hydrogen (secondary N) is 1. The van der Waals surface area contributed by atoms with Crippen molar-refractivity contribution in [1.29, 1.82) is 0 Å². The summed E-state index contributed by atoms with van der Waals surface area (Å²) in [5.74, 6) is 2.10. The van der Waals surface area contributed by atoms with Crippen LogP contribution in [-0.2, 0) is 0 Å². The second-order valence-electron chi connectivity index (χ2n) is 5.71. The van der Waals surface area contributed by atoms with Crippen LogP contribution in [0.15, 0.2) is 53.1 Å². The molecule has 0 spiro atoms. The highest BCUT2D eigenvalue weighted by Gasteiger charge is 2.15. The van der Waals surface area contributed by atoms with Crippen molar-refractivity contribution >= 4 is 17.5 Å². The molecule has 0 radical (unpaired) electrons. The molecule has 0 unspecified atom stereocenters. The fourth-order valence-corrected chi connectivity index (χ4v) is 2.74. The SMILES string of the molecule is O=C(NCCOc1ccc2c(c1)OCO2)c1cc(-c2cccc(Cl)c2)on1. The Morgan fingerprint density at radius 2 is 2.04 bits per heavy atom. The monoisotopic (exact) mass is 386 g/mol. The van der Waals surface area contributed by atoms with Crippen molar-refractivity contribution in [3.8, 4) is 28.6 Å². The molecule has 0 bridgehead atoms. The predicted octanol–water partition coefficient (Wildman–Crippen LogP) is 3.53. The minimum absolute atomic E-state index is 0.188. The van der Waals surface area contributed by atoms with Crippen LogP contribution >= 0.6 is 11.6 Å². The van der Waals surface area contributed by atoms with Crippen molar-refractivity contribution in [3.05, 3.63) is 59.2 Å². The maximum absolute atomic E-state index is 12.2. The molecular formula is C19H15ClN2O5. The molecule has 2 heterocycles. The first-order valence-electron chi connectivity index (χ1n) is 8.22. The van der Waals surface area contributed by atoms with Gasteiger partial charge in [0.1, 0.15) is 12.4 Å². The van der Waals surface area contributed by atoms with Gasteiger partial charge in [-0.25, -0.2) is 0 Å². The van der Waals surface area contributed by atoms with E-state index in [1.807, 2.05) is 6.07 Å². The summed E-state index contributed by atoms with van der Waals surface area (Å²) in [5.41, 5.74) is 0.938. The summed E-state index contributed by atoms with van der Waals surface area (Å²) in [4.78, 5) is 12.2. The molecule has 0 atom stereocenters. The number of carbonyl (C=O) groups excluding carboxylic acids is 1. The summed E-state index contributed by atoms with van der Waals surface area (Å²) < 4.78 is 21.3. The van der Waals surface area contributed by atoms with Gasteiger partial charge in [0.25, 0.3) is 5.91 Å². The lowest BCUT2D eigenvalue weighted by Crippen LogP contribution is -2.28. The number of ether oxygens (including phenoxy) is 3. The standard InChI is InChI=1S/C19H15ClN2O5/c20-13-3-1-2-12(8-13)17-10-15(22-27-17)19(23)21-6-7-24-14-4-5-16-18(9-14)26-11-25-16/h1-5,8-10H,6-7,11H2,(H,21,23). The van der Waals surface area contributed by atoms with Gasteiger partial charge in [-0.15, -0.1) is 0 Å². The second-order valence-corrected chi connectivity index (χ2v) is 6.14. The Morgan fingerprint density at radius 1 is 1.15 bits per heavy atom. The van der Waals surface area contributed by atoms with E-state index in [4.69, 9.17) is 30.3 Å². The number of fused-ring (bicyclic) bond motifs is 1. The van der Waals surface area contributed by atoms with Gasteiger partial charge in [0.15, 0.2) is 23.0 Å². The van der Waals surface area contributed by atoms with Crippen molar-refractivity contribution in [1.82, 2.24) is 10.5 Å². The quantitative estimate of drug-likeness (QED) is 0.652. The van der Waals surface area contributed by atoms with Gasteiger partial charge < -0.3 is 24.1 Å². The molecule has 1 aromatic heterocycles. The first-order valence-corrected chi connectivity index (χ1v) is 8.60. The van der Waals surface area contributed by atoms with Crippen LogP contribution in [0, 0.1) is 0 Å². The minimum atomic E-state index is -0.346. The Bertz CT molecular complexity index is 972. The number of carbonyl (C=O) groups is 1. The molecule has 7 nitrogen and oxygen atoms in total. The molecule has 138 valence electrons. The summed E-state index contributed by atoms with van der Waals surface area (Å²) in [6.07, 6.45) is 0. The van der Waals surface area contributed by atoms with Crippen LogP contribution in [-0.4, -0.2) is 31.0 Å². The zero-order valence-corrected chi connectivity index (χ0v) is 14.9. The van der Waals surface area contributed by atoms with Crippen LogP contribution in [0.4, 0.5) is 0 Å². The van der Waals surface area contributed by atoms with Crippen molar-refractivity contribution in [2.75, 3.05) is 19.9 Å². The number of hydrogen-bond acceptors (Lipinski definition) is 6. The fraction of sp³-hybridized carbons (Fsp3) is 0.158. The predicted molar refractivity (Wildman–Crippen MR) is 97.3 cm³/mol. The van der Waals surface area contributed by atoms with E-state index >= 15 is 0 Å². The van der Waals surface area contributed by atoms with Crippen LogP contribution in [0.3, 0.4) is 0 Å². The van der Waals surface area contributed by atoms with Gasteiger partial charge in [-0.3, -0.25) is 4.79 Å². The number of rotatable bonds is 6. The highest BCUT2D eigenvalue weighted by Crippen LogP contribution is 2.35. The molecule has 4 rings (SSSR count). The van der Waals surface area contributed by atoms with Gasteiger partial charge >= 0.3 is 0 Å². The third-order valence-electron chi connectivity index (χ3n) is 3.85. The highest BCUT2D eigenvalue weighted by atomic mass is 35.5. The molecular weight excluding hydrogens is 372 g/mol. The van der Waals surface area contributed by atoms with Gasteiger partial charge in [-0.05, 0) is 24.3 Å². The van der Waals surface area contributed by atoms with E-state index in [1.165, 1.54) is 0 Å². The molecule has 1 aliphatic heterocycles. The molecule has 1 N–H and O–H groups in total. The van der Waals surface area contributed by atoms with Gasteiger partial charge in [0.05, 0.1) is 6.54 Å². The van der Waals surface area contributed by atoms with E-state index in [0.717, 1.165) is 5.56 Å². The van der Waals surface area contributed by atoms with E-state index in [-0.39, 0.29) is 18.4 Å². The first-order chi connectivity index (χ1) is 13.2. The molecule has 0 aliphatic carbocycles. The molecule has 27 heavy (non-hydrogen) atoms. The molecule has 0 saturated carbocycles. The summed E-state index contributed by atoms with van der Waals surface area (Å²) >= 11 is 5.96. The molecule has 2 aromatic carbocycles. The highest BCUT2D eigenvalue weighted by molar-refractivity contribution is 6.30. The average Bonchev–Trinajstić information content (AvgIpc) is 3.34. The van der Waals surface area contributed by atoms with Crippen LogP contribution in [0.25, 0.3) is 11.3 Å². The number of benzene rings is 2. The van der Waals surface area contributed by atoms with Crippen molar-refractivity contribution < 1.29 is 23.5 Å². The minimum Gasteiger partial charge on any atom is -0.492 e. The van der Waals surface area contributed by atoms with Crippen molar-refractivity contribution in [2.45, 2.75) is 0 Å². The van der Waals surface area contributed by atoms with Gasteiger partial charge in [-0.2, -0.15) is 0 Å². The Morgan fingerprint density at radius 3 is 2.93 bits per heavy atom. The van der Waals surface area contributed by atoms with E-state index in [1.54, 1.807) is 42.5 Å². The Labute approximate surface area is 159 Å². The Balaban J connectivity index is 1.28. The summed E-state index contributed by atoms with van der Waals surface area (Å²) in [6.45, 7) is 0.820. The maximum atomic E-state index is 12.2. The molecule has 3 aromatic rings. The zero-order chi connectivity index (χ0) is 18.6. The van der Waals surface area contributed by atoms with Crippen LogP contribution < -0.4 is 19.5 Å². The summed E-state index contributed by atoms with van der Waals surface area (Å²) in [5, 5.41) is 7.11. The average molecular weight is 387 g/mol.